The molecule has 0 aliphatic heterocycles. The Bertz CT molecular complexity index is 203. The Labute approximate surface area is 101 Å². The smallest absolute Gasteiger partial charge is 0.0328 e. The van der Waals surface area contributed by atoms with Crippen molar-refractivity contribution in [2.24, 2.45) is 11.7 Å². The molecule has 0 bridgehead atoms. The first-order valence-electron chi connectivity index (χ1n) is 7.18. The molecule has 2 N–H and O–H groups in total. The predicted molar refractivity (Wildman–Crippen MR) is 69.5 cm³/mol. The highest BCUT2D eigenvalue weighted by molar-refractivity contribution is 4.95. The zero-order valence-corrected chi connectivity index (χ0v) is 10.9. The minimum Gasteiger partial charge on any atom is -0.329 e. The minimum atomic E-state index is 0.359. The van der Waals surface area contributed by atoms with Crippen LogP contribution in [0.4, 0.5) is 0 Å². The van der Waals surface area contributed by atoms with Crippen molar-refractivity contribution in [1.82, 2.24) is 4.90 Å². The molecule has 2 nitrogen and oxygen atoms in total. The first-order valence-corrected chi connectivity index (χ1v) is 7.18. The molecule has 0 saturated heterocycles. The van der Waals surface area contributed by atoms with Crippen LogP contribution in [0.3, 0.4) is 0 Å². The van der Waals surface area contributed by atoms with Crippen LogP contribution in [0.5, 0.6) is 0 Å². The van der Waals surface area contributed by atoms with Gasteiger partial charge in [0.15, 0.2) is 0 Å². The van der Waals surface area contributed by atoms with Gasteiger partial charge in [-0.3, -0.25) is 4.90 Å². The van der Waals surface area contributed by atoms with E-state index in [1.54, 1.807) is 0 Å². The second-order valence-electron chi connectivity index (χ2n) is 6.02. The molecule has 0 aromatic heterocycles. The van der Waals surface area contributed by atoms with Crippen molar-refractivity contribution in [2.75, 3.05) is 20.1 Å². The monoisotopic (exact) mass is 224 g/mol. The minimum absolute atomic E-state index is 0.359. The molecule has 0 radical (unpaired) electrons. The molecule has 0 aromatic carbocycles. The van der Waals surface area contributed by atoms with Crippen molar-refractivity contribution in [3.63, 3.8) is 0 Å². The van der Waals surface area contributed by atoms with Gasteiger partial charge in [-0.2, -0.15) is 0 Å². The lowest BCUT2D eigenvalue weighted by atomic mass is 9.87. The summed E-state index contributed by atoms with van der Waals surface area (Å²) in [5, 5.41) is 0. The van der Waals surface area contributed by atoms with Gasteiger partial charge in [0.25, 0.3) is 0 Å². The van der Waals surface area contributed by atoms with Gasteiger partial charge in [0.2, 0.25) is 0 Å². The number of likely N-dealkylation sites (N-methyl/N-ethyl adjacent to an activating group) is 1. The van der Waals surface area contributed by atoms with Crippen LogP contribution in [-0.2, 0) is 0 Å². The molecule has 0 atom stereocenters. The molecule has 2 fully saturated rings. The standard InChI is InChI=1S/C14H28N2/c1-16(11-13-7-3-2-4-8-13)14(12-15)9-5-6-10-14/h13H,2-12,15H2,1H3. The van der Waals surface area contributed by atoms with Crippen LogP contribution < -0.4 is 5.73 Å². The van der Waals surface area contributed by atoms with Crippen LogP contribution in [-0.4, -0.2) is 30.6 Å². The Morgan fingerprint density at radius 1 is 1.06 bits per heavy atom. The number of nitrogens with zero attached hydrogens (tertiary/aromatic N) is 1. The molecule has 94 valence electrons. The van der Waals surface area contributed by atoms with Gasteiger partial charge in [-0.25, -0.2) is 0 Å². The van der Waals surface area contributed by atoms with E-state index in [9.17, 15) is 0 Å². The maximum absolute atomic E-state index is 6.03. The summed E-state index contributed by atoms with van der Waals surface area (Å²) < 4.78 is 0. The van der Waals surface area contributed by atoms with Gasteiger partial charge in [-0.15, -0.1) is 0 Å². The van der Waals surface area contributed by atoms with Crippen molar-refractivity contribution in [3.05, 3.63) is 0 Å². The first-order chi connectivity index (χ1) is 7.77. The molecule has 16 heavy (non-hydrogen) atoms. The Balaban J connectivity index is 1.87. The average molecular weight is 224 g/mol. The summed E-state index contributed by atoms with van der Waals surface area (Å²) >= 11 is 0. The Kier molecular flexibility index (Phi) is 4.26. The van der Waals surface area contributed by atoms with Gasteiger partial charge >= 0.3 is 0 Å². The van der Waals surface area contributed by atoms with E-state index in [0.717, 1.165) is 12.5 Å². The van der Waals surface area contributed by atoms with Gasteiger partial charge < -0.3 is 5.73 Å². The van der Waals surface area contributed by atoms with E-state index in [-0.39, 0.29) is 0 Å². The topological polar surface area (TPSA) is 29.3 Å². The lowest BCUT2D eigenvalue weighted by Gasteiger charge is -2.40. The second kappa shape index (κ2) is 5.50. The van der Waals surface area contributed by atoms with Crippen LogP contribution in [0.2, 0.25) is 0 Å². The lowest BCUT2D eigenvalue weighted by Crippen LogP contribution is -2.51. The molecule has 2 aliphatic carbocycles. The van der Waals surface area contributed by atoms with E-state index in [1.807, 2.05) is 0 Å². The summed E-state index contributed by atoms with van der Waals surface area (Å²) in [7, 11) is 2.31. The lowest BCUT2D eigenvalue weighted by molar-refractivity contribution is 0.100. The second-order valence-corrected chi connectivity index (χ2v) is 6.02. The quantitative estimate of drug-likeness (QED) is 0.795. The normalized spacial score (nSPS) is 26.4. The van der Waals surface area contributed by atoms with Crippen molar-refractivity contribution >= 4 is 0 Å². The molecule has 0 aromatic rings. The molecule has 2 rings (SSSR count). The fraction of sp³-hybridized carbons (Fsp3) is 1.00. The molecule has 2 heteroatoms. The summed E-state index contributed by atoms with van der Waals surface area (Å²) in [6.45, 7) is 2.15. The van der Waals surface area contributed by atoms with Crippen molar-refractivity contribution in [2.45, 2.75) is 63.3 Å². The Hall–Kier alpha value is -0.0800. The fourth-order valence-electron chi connectivity index (χ4n) is 3.73. The van der Waals surface area contributed by atoms with Crippen LogP contribution >= 0.6 is 0 Å². The largest absolute Gasteiger partial charge is 0.329 e. The molecule has 0 heterocycles. The van der Waals surface area contributed by atoms with Crippen LogP contribution in [0, 0.1) is 5.92 Å². The van der Waals surface area contributed by atoms with Gasteiger partial charge in [-0.1, -0.05) is 32.1 Å². The van der Waals surface area contributed by atoms with E-state index < -0.39 is 0 Å². The van der Waals surface area contributed by atoms with Gasteiger partial charge in [0, 0.05) is 18.6 Å². The van der Waals surface area contributed by atoms with Crippen molar-refractivity contribution in [1.29, 1.82) is 0 Å². The molecular formula is C14H28N2. The number of nitrogens with two attached hydrogens (primary N) is 1. The highest BCUT2D eigenvalue weighted by Gasteiger charge is 2.37. The zero-order valence-electron chi connectivity index (χ0n) is 10.9. The molecule has 0 spiro atoms. The average Bonchev–Trinajstić information content (AvgIpc) is 2.80. The SMILES string of the molecule is CN(CC1CCCCC1)C1(CN)CCCC1. The molecule has 2 aliphatic rings. The van der Waals surface area contributed by atoms with Crippen LogP contribution in [0.25, 0.3) is 0 Å². The summed E-state index contributed by atoms with van der Waals surface area (Å²) in [5.41, 5.74) is 6.39. The molecular weight excluding hydrogens is 196 g/mol. The molecule has 2 saturated carbocycles. The van der Waals surface area contributed by atoms with Gasteiger partial charge in [0.05, 0.1) is 0 Å². The van der Waals surface area contributed by atoms with Crippen LogP contribution in [0.15, 0.2) is 0 Å². The third-order valence-corrected chi connectivity index (χ3v) is 4.98. The van der Waals surface area contributed by atoms with E-state index in [2.05, 4.69) is 11.9 Å². The molecule has 0 unspecified atom stereocenters. The van der Waals surface area contributed by atoms with Crippen molar-refractivity contribution in [3.8, 4) is 0 Å². The molecule has 0 amide bonds. The Morgan fingerprint density at radius 2 is 1.69 bits per heavy atom. The first kappa shape index (κ1) is 12.4. The fourth-order valence-corrected chi connectivity index (χ4v) is 3.73. The summed E-state index contributed by atoms with van der Waals surface area (Å²) in [4.78, 5) is 2.61. The summed E-state index contributed by atoms with van der Waals surface area (Å²) in [6, 6.07) is 0. The van der Waals surface area contributed by atoms with E-state index in [0.29, 0.717) is 5.54 Å². The predicted octanol–water partition coefficient (Wildman–Crippen LogP) is 2.77. The number of hydrogen-bond donors (Lipinski definition) is 1. The van der Waals surface area contributed by atoms with Gasteiger partial charge in [0.1, 0.15) is 0 Å². The van der Waals surface area contributed by atoms with Gasteiger partial charge in [-0.05, 0) is 38.6 Å². The van der Waals surface area contributed by atoms with E-state index in [1.165, 1.54) is 64.3 Å². The maximum Gasteiger partial charge on any atom is 0.0328 e. The third-order valence-electron chi connectivity index (χ3n) is 4.98. The third kappa shape index (κ3) is 2.60. The van der Waals surface area contributed by atoms with Crippen LogP contribution in [0.1, 0.15) is 57.8 Å². The zero-order chi connectivity index (χ0) is 11.4. The number of hydrogen-bond acceptors (Lipinski definition) is 2. The van der Waals surface area contributed by atoms with E-state index in [4.69, 9.17) is 5.73 Å². The summed E-state index contributed by atoms with van der Waals surface area (Å²) in [6.07, 6.45) is 12.7. The highest BCUT2D eigenvalue weighted by atomic mass is 15.2. The highest BCUT2D eigenvalue weighted by Crippen LogP contribution is 2.35. The summed E-state index contributed by atoms with van der Waals surface area (Å²) in [5.74, 6) is 0.947. The number of rotatable bonds is 4. The maximum atomic E-state index is 6.03. The van der Waals surface area contributed by atoms with E-state index >= 15 is 0 Å². The Morgan fingerprint density at radius 3 is 2.25 bits per heavy atom. The van der Waals surface area contributed by atoms with Crippen molar-refractivity contribution < 1.29 is 0 Å².